The van der Waals surface area contributed by atoms with Gasteiger partial charge in [-0.15, -0.1) is 12.4 Å². The smallest absolute Gasteiger partial charge is 0.255 e. The van der Waals surface area contributed by atoms with E-state index in [2.05, 4.69) is 4.98 Å². The summed E-state index contributed by atoms with van der Waals surface area (Å²) in [7, 11) is 0. The minimum atomic E-state index is -0.493. The number of H-pyrrole nitrogens is 1. The van der Waals surface area contributed by atoms with Gasteiger partial charge in [0.25, 0.3) is 5.56 Å². The predicted molar refractivity (Wildman–Crippen MR) is 60.3 cm³/mol. The van der Waals surface area contributed by atoms with Gasteiger partial charge in [-0.05, 0) is 29.7 Å². The van der Waals surface area contributed by atoms with Gasteiger partial charge in [-0.1, -0.05) is 0 Å². The monoisotopic (exact) mass is 224 g/mol. The Morgan fingerprint density at radius 2 is 2.00 bits per heavy atom. The molecule has 0 atom stereocenters. The van der Waals surface area contributed by atoms with Crippen molar-refractivity contribution in [3.05, 3.63) is 46.4 Å². The summed E-state index contributed by atoms with van der Waals surface area (Å²) in [4.78, 5) is 24.7. The summed E-state index contributed by atoms with van der Waals surface area (Å²) in [5.41, 5.74) is 5.36. The molecule has 0 fully saturated rings. The third-order valence-corrected chi connectivity index (χ3v) is 2.06. The van der Waals surface area contributed by atoms with Crippen molar-refractivity contribution in [3.63, 3.8) is 0 Å². The van der Waals surface area contributed by atoms with E-state index in [4.69, 9.17) is 5.73 Å². The summed E-state index contributed by atoms with van der Waals surface area (Å²) >= 11 is 0. The second-order valence-corrected chi connectivity index (χ2v) is 2.97. The van der Waals surface area contributed by atoms with E-state index in [1.165, 1.54) is 6.20 Å². The molecule has 78 valence electrons. The van der Waals surface area contributed by atoms with Crippen molar-refractivity contribution in [1.82, 2.24) is 4.98 Å². The van der Waals surface area contributed by atoms with Crippen molar-refractivity contribution in [2.24, 2.45) is 5.73 Å². The lowest BCUT2D eigenvalue weighted by Crippen LogP contribution is -2.11. The maximum atomic E-state index is 11.3. The Bertz CT molecular complexity index is 563. The van der Waals surface area contributed by atoms with E-state index in [0.717, 1.165) is 0 Å². The Morgan fingerprint density at radius 3 is 2.67 bits per heavy atom. The number of amides is 1. The summed E-state index contributed by atoms with van der Waals surface area (Å²) in [6.07, 6.45) is 1.54. The first-order valence-corrected chi connectivity index (χ1v) is 4.10. The van der Waals surface area contributed by atoms with Crippen LogP contribution in [0, 0.1) is 0 Å². The molecule has 3 N–H and O–H groups in total. The predicted octanol–water partition coefficient (Wildman–Crippen LogP) is 1.05. The Balaban J connectivity index is 0.00000112. The molecule has 0 bridgehead atoms. The molecule has 2 aromatic rings. The van der Waals surface area contributed by atoms with Crippen LogP contribution < -0.4 is 11.3 Å². The van der Waals surface area contributed by atoms with Crippen molar-refractivity contribution in [2.45, 2.75) is 0 Å². The minimum absolute atomic E-state index is 0. The lowest BCUT2D eigenvalue weighted by Gasteiger charge is -1.98. The summed E-state index contributed by atoms with van der Waals surface area (Å²) < 4.78 is 0. The zero-order valence-corrected chi connectivity index (χ0v) is 8.51. The molecule has 0 unspecified atom stereocenters. The number of pyridine rings is 1. The second kappa shape index (κ2) is 4.14. The number of nitrogens with two attached hydrogens (primary N) is 1. The van der Waals surface area contributed by atoms with Crippen molar-refractivity contribution in [2.75, 3.05) is 0 Å². The van der Waals surface area contributed by atoms with Crippen molar-refractivity contribution >= 4 is 29.1 Å². The number of aromatic amines is 1. The number of fused-ring (bicyclic) bond motifs is 1. The normalized spacial score (nSPS) is 9.60. The van der Waals surface area contributed by atoms with E-state index in [1.807, 2.05) is 0 Å². The maximum Gasteiger partial charge on any atom is 0.255 e. The van der Waals surface area contributed by atoms with Crippen LogP contribution >= 0.6 is 12.4 Å². The van der Waals surface area contributed by atoms with Crippen LogP contribution in [-0.4, -0.2) is 10.9 Å². The first kappa shape index (κ1) is 11.3. The molecule has 1 aromatic carbocycles. The molecule has 4 nitrogen and oxygen atoms in total. The van der Waals surface area contributed by atoms with Gasteiger partial charge < -0.3 is 10.7 Å². The fraction of sp³-hybridized carbons (Fsp3) is 0. The average molecular weight is 225 g/mol. The van der Waals surface area contributed by atoms with E-state index in [1.54, 1.807) is 24.3 Å². The molecular formula is C10H9ClN2O2. The van der Waals surface area contributed by atoms with Gasteiger partial charge >= 0.3 is 0 Å². The molecule has 15 heavy (non-hydrogen) atoms. The molecule has 0 saturated heterocycles. The SMILES string of the molecule is Cl.NC(=O)c1ccc2c(=O)[nH]ccc2c1. The van der Waals surface area contributed by atoms with Crippen LogP contribution in [0.15, 0.2) is 35.3 Å². The lowest BCUT2D eigenvalue weighted by atomic mass is 10.1. The number of aromatic nitrogens is 1. The fourth-order valence-corrected chi connectivity index (χ4v) is 1.35. The number of carbonyl (C=O) groups excluding carboxylic acids is 1. The van der Waals surface area contributed by atoms with Crippen molar-refractivity contribution in [1.29, 1.82) is 0 Å². The van der Waals surface area contributed by atoms with Crippen molar-refractivity contribution in [3.8, 4) is 0 Å². The number of halogens is 1. The Labute approximate surface area is 91.5 Å². The van der Waals surface area contributed by atoms with E-state index in [-0.39, 0.29) is 18.0 Å². The van der Waals surface area contributed by atoms with E-state index < -0.39 is 5.91 Å². The number of primary amides is 1. The first-order chi connectivity index (χ1) is 6.68. The minimum Gasteiger partial charge on any atom is -0.366 e. The molecule has 0 saturated carbocycles. The number of hydrogen-bond acceptors (Lipinski definition) is 2. The molecule has 5 heteroatoms. The van der Waals surface area contributed by atoms with E-state index >= 15 is 0 Å². The van der Waals surface area contributed by atoms with Crippen LogP contribution in [0.3, 0.4) is 0 Å². The summed E-state index contributed by atoms with van der Waals surface area (Å²) in [6, 6.07) is 6.46. The van der Waals surface area contributed by atoms with Crippen LogP contribution in [0.25, 0.3) is 10.8 Å². The molecule has 0 aliphatic heterocycles. The van der Waals surface area contributed by atoms with Gasteiger partial charge in [0.05, 0.1) is 0 Å². The second-order valence-electron chi connectivity index (χ2n) is 2.97. The Kier molecular flexibility index (Phi) is 3.11. The summed E-state index contributed by atoms with van der Waals surface area (Å²) in [5, 5.41) is 1.27. The highest BCUT2D eigenvalue weighted by Gasteiger charge is 2.02. The lowest BCUT2D eigenvalue weighted by molar-refractivity contribution is 0.100. The average Bonchev–Trinajstić information content (AvgIpc) is 2.17. The van der Waals surface area contributed by atoms with Crippen molar-refractivity contribution < 1.29 is 4.79 Å². The molecule has 1 amide bonds. The third kappa shape index (κ3) is 1.99. The number of benzene rings is 1. The van der Waals surface area contributed by atoms with Crippen LogP contribution in [0.1, 0.15) is 10.4 Å². The third-order valence-electron chi connectivity index (χ3n) is 2.06. The van der Waals surface area contributed by atoms with Gasteiger partial charge in [-0.25, -0.2) is 0 Å². The molecule has 0 aliphatic carbocycles. The number of carbonyl (C=O) groups is 1. The van der Waals surface area contributed by atoms with Gasteiger partial charge in [-0.3, -0.25) is 9.59 Å². The Morgan fingerprint density at radius 1 is 1.27 bits per heavy atom. The molecule has 0 aliphatic rings. The van der Waals surface area contributed by atoms with Crippen LogP contribution in [0.2, 0.25) is 0 Å². The fourth-order valence-electron chi connectivity index (χ4n) is 1.35. The van der Waals surface area contributed by atoms with Gasteiger partial charge in [-0.2, -0.15) is 0 Å². The molecule has 0 radical (unpaired) electrons. The van der Waals surface area contributed by atoms with Gasteiger partial charge in [0.1, 0.15) is 0 Å². The topological polar surface area (TPSA) is 76.0 Å². The van der Waals surface area contributed by atoms with Gasteiger partial charge in [0.15, 0.2) is 0 Å². The highest BCUT2D eigenvalue weighted by atomic mass is 35.5. The van der Waals surface area contributed by atoms with Crippen LogP contribution in [0.4, 0.5) is 0 Å². The first-order valence-electron chi connectivity index (χ1n) is 4.10. The molecule has 1 aromatic heterocycles. The molecule has 2 rings (SSSR count). The number of hydrogen-bond donors (Lipinski definition) is 2. The zero-order valence-electron chi connectivity index (χ0n) is 7.69. The zero-order chi connectivity index (χ0) is 10.1. The molecule has 1 heterocycles. The van der Waals surface area contributed by atoms with Crippen LogP contribution in [0.5, 0.6) is 0 Å². The highest BCUT2D eigenvalue weighted by molar-refractivity contribution is 5.97. The maximum absolute atomic E-state index is 11.3. The largest absolute Gasteiger partial charge is 0.366 e. The van der Waals surface area contributed by atoms with E-state index in [0.29, 0.717) is 16.3 Å². The Hall–Kier alpha value is -1.81. The summed E-state index contributed by atoms with van der Waals surface area (Å²) in [6.45, 7) is 0. The van der Waals surface area contributed by atoms with E-state index in [9.17, 15) is 9.59 Å². The molecule has 0 spiro atoms. The van der Waals surface area contributed by atoms with Gasteiger partial charge in [0, 0.05) is 17.1 Å². The standard InChI is InChI=1S/C10H8N2O2.ClH/c11-9(13)7-1-2-8-6(5-7)3-4-12-10(8)14;/h1-5H,(H2,11,13)(H,12,14);1H. The quantitative estimate of drug-likeness (QED) is 0.760. The van der Waals surface area contributed by atoms with Gasteiger partial charge in [0.2, 0.25) is 5.91 Å². The van der Waals surface area contributed by atoms with Crippen LogP contribution in [-0.2, 0) is 0 Å². The molecular weight excluding hydrogens is 216 g/mol. The highest BCUT2D eigenvalue weighted by Crippen LogP contribution is 2.10. The number of rotatable bonds is 1. The summed E-state index contributed by atoms with van der Waals surface area (Å²) in [5.74, 6) is -0.493. The number of nitrogens with one attached hydrogen (secondary N) is 1.